The molecule has 0 spiro atoms. The van der Waals surface area contributed by atoms with Gasteiger partial charge in [-0.05, 0) is 43.7 Å². The molecule has 0 bridgehead atoms. The number of piperidine rings is 1. The van der Waals surface area contributed by atoms with Gasteiger partial charge in [-0.15, -0.1) is 0 Å². The molecule has 1 aliphatic rings. The summed E-state index contributed by atoms with van der Waals surface area (Å²) in [5.74, 6) is 0.180. The third-order valence-electron chi connectivity index (χ3n) is 5.31. The van der Waals surface area contributed by atoms with Gasteiger partial charge in [0.15, 0.2) is 5.58 Å². The Morgan fingerprint density at radius 2 is 2.19 bits per heavy atom. The number of nitrogens with one attached hydrogen (secondary N) is 1. The third-order valence-corrected chi connectivity index (χ3v) is 5.31. The Kier molecular flexibility index (Phi) is 4.70. The number of fused-ring (bicyclic) bond motifs is 1. The Balaban J connectivity index is 1.60. The fourth-order valence-electron chi connectivity index (χ4n) is 3.92. The highest BCUT2D eigenvalue weighted by Gasteiger charge is 2.28. The van der Waals surface area contributed by atoms with Gasteiger partial charge in [0.1, 0.15) is 17.0 Å². The molecule has 4 rings (SSSR count). The molecule has 0 radical (unpaired) electrons. The second-order valence-corrected chi connectivity index (χ2v) is 6.98. The maximum absolute atomic E-state index is 13.4. The molecular formula is C20H23FN4O2. The van der Waals surface area contributed by atoms with Crippen molar-refractivity contribution in [3.8, 4) is 0 Å². The maximum atomic E-state index is 13.4. The zero-order valence-electron chi connectivity index (χ0n) is 15.5. The number of aromatic nitrogens is 2. The summed E-state index contributed by atoms with van der Waals surface area (Å²) in [6.45, 7) is 1.49. The largest absolute Gasteiger partial charge is 0.439 e. The normalized spacial score (nSPS) is 18.1. The molecule has 142 valence electrons. The van der Waals surface area contributed by atoms with Crippen LogP contribution in [0.4, 0.5) is 4.39 Å². The van der Waals surface area contributed by atoms with Crippen molar-refractivity contribution in [3.63, 3.8) is 0 Å². The number of likely N-dealkylation sites (tertiary alicyclic amines) is 1. The molecule has 1 fully saturated rings. The smallest absolute Gasteiger partial charge is 0.267 e. The Morgan fingerprint density at radius 1 is 1.33 bits per heavy atom. The molecule has 3 heterocycles. The lowest BCUT2D eigenvalue weighted by molar-refractivity contribution is 0.0951. The highest BCUT2D eigenvalue weighted by Crippen LogP contribution is 2.33. The zero-order chi connectivity index (χ0) is 19.0. The van der Waals surface area contributed by atoms with E-state index in [-0.39, 0.29) is 17.8 Å². The van der Waals surface area contributed by atoms with Crippen molar-refractivity contribution in [2.45, 2.75) is 31.8 Å². The summed E-state index contributed by atoms with van der Waals surface area (Å²) in [5.41, 5.74) is 2.89. The van der Waals surface area contributed by atoms with Crippen LogP contribution in [0.5, 0.6) is 0 Å². The second kappa shape index (κ2) is 7.15. The van der Waals surface area contributed by atoms with Crippen molar-refractivity contribution in [2.24, 2.45) is 7.05 Å². The second-order valence-electron chi connectivity index (χ2n) is 6.98. The number of carbonyl (C=O) groups excluding carboxylic acids is 1. The topological polar surface area (TPSA) is 63.3 Å². The number of carbonyl (C=O) groups is 1. The Labute approximate surface area is 157 Å². The quantitative estimate of drug-likeness (QED) is 0.765. The standard InChI is InChI=1S/C20H23FN4O2/c1-22-20(26)17-8-7-15(24(17)2)16-5-3-4-10-25(16)12-19-23-14-11-13(21)6-9-18(14)27-19/h6-9,11,16H,3-5,10,12H2,1-2H3,(H,22,26). The minimum absolute atomic E-state index is 0.0907. The summed E-state index contributed by atoms with van der Waals surface area (Å²) in [4.78, 5) is 18.8. The molecule has 1 amide bonds. The van der Waals surface area contributed by atoms with Gasteiger partial charge in [-0.1, -0.05) is 6.42 Å². The summed E-state index contributed by atoms with van der Waals surface area (Å²) in [6, 6.07) is 8.46. The molecule has 27 heavy (non-hydrogen) atoms. The lowest BCUT2D eigenvalue weighted by Crippen LogP contribution is -2.34. The number of halogens is 1. The molecule has 1 aromatic carbocycles. The summed E-state index contributed by atoms with van der Waals surface area (Å²) in [5, 5.41) is 2.68. The molecule has 2 aromatic heterocycles. The van der Waals surface area contributed by atoms with Crippen LogP contribution in [0.25, 0.3) is 11.1 Å². The van der Waals surface area contributed by atoms with Gasteiger partial charge < -0.3 is 14.3 Å². The average Bonchev–Trinajstić information content (AvgIpc) is 3.24. The van der Waals surface area contributed by atoms with Crippen LogP contribution in [0.3, 0.4) is 0 Å². The molecule has 1 saturated heterocycles. The van der Waals surface area contributed by atoms with E-state index in [9.17, 15) is 9.18 Å². The van der Waals surface area contributed by atoms with Crippen LogP contribution in [0.15, 0.2) is 34.7 Å². The van der Waals surface area contributed by atoms with Crippen LogP contribution in [0.2, 0.25) is 0 Å². The third kappa shape index (κ3) is 3.35. The minimum atomic E-state index is -0.316. The van der Waals surface area contributed by atoms with Gasteiger partial charge in [0.05, 0.1) is 12.6 Å². The predicted molar refractivity (Wildman–Crippen MR) is 99.8 cm³/mol. The fourth-order valence-corrected chi connectivity index (χ4v) is 3.92. The average molecular weight is 370 g/mol. The predicted octanol–water partition coefficient (Wildman–Crippen LogP) is 3.39. The molecule has 1 N–H and O–H groups in total. The summed E-state index contributed by atoms with van der Waals surface area (Å²) < 4.78 is 21.2. The van der Waals surface area contributed by atoms with Crippen molar-refractivity contribution in [2.75, 3.05) is 13.6 Å². The number of nitrogens with zero attached hydrogens (tertiary/aromatic N) is 3. The van der Waals surface area contributed by atoms with Crippen molar-refractivity contribution >= 4 is 17.0 Å². The molecule has 1 aliphatic heterocycles. The van der Waals surface area contributed by atoms with Gasteiger partial charge >= 0.3 is 0 Å². The lowest BCUT2D eigenvalue weighted by Gasteiger charge is -2.35. The van der Waals surface area contributed by atoms with Crippen LogP contribution in [-0.2, 0) is 13.6 Å². The molecule has 6 nitrogen and oxygen atoms in total. The van der Waals surface area contributed by atoms with Crippen molar-refractivity contribution < 1.29 is 13.6 Å². The van der Waals surface area contributed by atoms with Gasteiger partial charge in [0.25, 0.3) is 5.91 Å². The van der Waals surface area contributed by atoms with Crippen LogP contribution >= 0.6 is 0 Å². The Bertz CT molecular complexity index is 978. The van der Waals surface area contributed by atoms with E-state index in [1.807, 2.05) is 23.7 Å². The first-order valence-electron chi connectivity index (χ1n) is 9.23. The minimum Gasteiger partial charge on any atom is -0.439 e. The highest BCUT2D eigenvalue weighted by atomic mass is 19.1. The maximum Gasteiger partial charge on any atom is 0.267 e. The molecule has 0 aliphatic carbocycles. The number of rotatable bonds is 4. The molecule has 7 heteroatoms. The molecule has 0 saturated carbocycles. The fraction of sp³-hybridized carbons (Fsp3) is 0.400. The first kappa shape index (κ1) is 17.7. The van der Waals surface area contributed by atoms with Gasteiger partial charge in [0.2, 0.25) is 5.89 Å². The van der Waals surface area contributed by atoms with Crippen LogP contribution in [0, 0.1) is 5.82 Å². The van der Waals surface area contributed by atoms with E-state index in [4.69, 9.17) is 4.42 Å². The zero-order valence-corrected chi connectivity index (χ0v) is 15.5. The first-order valence-corrected chi connectivity index (χ1v) is 9.23. The van der Waals surface area contributed by atoms with Crippen LogP contribution < -0.4 is 5.32 Å². The van der Waals surface area contributed by atoms with E-state index in [1.165, 1.54) is 12.1 Å². The van der Waals surface area contributed by atoms with Crippen molar-refractivity contribution in [1.29, 1.82) is 0 Å². The first-order chi connectivity index (χ1) is 13.1. The van der Waals surface area contributed by atoms with Crippen molar-refractivity contribution in [3.05, 3.63) is 53.4 Å². The van der Waals surface area contributed by atoms with E-state index < -0.39 is 0 Å². The highest BCUT2D eigenvalue weighted by molar-refractivity contribution is 5.92. The summed E-state index contributed by atoms with van der Waals surface area (Å²) >= 11 is 0. The summed E-state index contributed by atoms with van der Waals surface area (Å²) in [6.07, 6.45) is 3.26. The van der Waals surface area contributed by atoms with Gasteiger partial charge in [-0.25, -0.2) is 9.37 Å². The number of benzene rings is 1. The van der Waals surface area contributed by atoms with E-state index in [2.05, 4.69) is 15.2 Å². The van der Waals surface area contributed by atoms with Crippen LogP contribution in [0.1, 0.15) is 47.4 Å². The lowest BCUT2D eigenvalue weighted by atomic mass is 9.99. The van der Waals surface area contributed by atoms with E-state index in [0.29, 0.717) is 29.2 Å². The Morgan fingerprint density at radius 3 is 3.00 bits per heavy atom. The van der Waals surface area contributed by atoms with E-state index in [1.54, 1.807) is 13.1 Å². The molecule has 1 unspecified atom stereocenters. The van der Waals surface area contributed by atoms with Gasteiger partial charge in [0, 0.05) is 25.9 Å². The molecular weight excluding hydrogens is 347 g/mol. The van der Waals surface area contributed by atoms with Crippen LogP contribution in [-0.4, -0.2) is 34.0 Å². The Hall–Kier alpha value is -2.67. The number of hydrogen-bond donors (Lipinski definition) is 1. The van der Waals surface area contributed by atoms with Gasteiger partial charge in [-0.3, -0.25) is 9.69 Å². The van der Waals surface area contributed by atoms with Crippen molar-refractivity contribution in [1.82, 2.24) is 19.8 Å². The SMILES string of the molecule is CNC(=O)c1ccc(C2CCCCN2Cc2nc3cc(F)ccc3o2)n1C. The van der Waals surface area contributed by atoms with E-state index >= 15 is 0 Å². The monoisotopic (exact) mass is 370 g/mol. The number of hydrogen-bond acceptors (Lipinski definition) is 4. The number of amides is 1. The summed E-state index contributed by atoms with van der Waals surface area (Å²) in [7, 11) is 3.56. The number of oxazole rings is 1. The molecule has 1 atom stereocenters. The van der Waals surface area contributed by atoms with E-state index in [0.717, 1.165) is 31.5 Å². The van der Waals surface area contributed by atoms with Gasteiger partial charge in [-0.2, -0.15) is 0 Å². The molecule has 3 aromatic rings.